The van der Waals surface area contributed by atoms with Gasteiger partial charge in [-0.25, -0.2) is 4.52 Å². The number of hydrogen-bond acceptors (Lipinski definition) is 3. The van der Waals surface area contributed by atoms with E-state index in [4.69, 9.17) is 0 Å². The molecule has 0 aliphatic heterocycles. The number of rotatable bonds is 5. The summed E-state index contributed by atoms with van der Waals surface area (Å²) in [6.45, 7) is 12.1. The maximum absolute atomic E-state index is 4.54. The van der Waals surface area contributed by atoms with Crippen molar-refractivity contribution in [1.82, 2.24) is 14.6 Å². The van der Waals surface area contributed by atoms with E-state index in [9.17, 15) is 0 Å². The zero-order valence-corrected chi connectivity index (χ0v) is 12.5. The van der Waals surface area contributed by atoms with E-state index in [1.54, 1.807) is 0 Å². The normalized spacial score (nSPS) is 12.0. The molecule has 0 aliphatic rings. The van der Waals surface area contributed by atoms with Crippen LogP contribution in [0.3, 0.4) is 0 Å². The topological polar surface area (TPSA) is 42.2 Å². The summed E-state index contributed by atoms with van der Waals surface area (Å²) < 4.78 is 1.83. The van der Waals surface area contributed by atoms with Crippen molar-refractivity contribution in [3.63, 3.8) is 0 Å². The van der Waals surface area contributed by atoms with Gasteiger partial charge in [0, 0.05) is 12.7 Å². The van der Waals surface area contributed by atoms with Crippen LogP contribution in [0.4, 0.5) is 5.95 Å². The van der Waals surface area contributed by atoms with Crippen molar-refractivity contribution in [2.24, 2.45) is 17.8 Å². The van der Waals surface area contributed by atoms with Crippen LogP contribution >= 0.6 is 0 Å². The maximum Gasteiger partial charge on any atom is 0.243 e. The third kappa shape index (κ3) is 3.06. The third-order valence-electron chi connectivity index (χ3n) is 3.77. The second-order valence-electron chi connectivity index (χ2n) is 5.93. The maximum atomic E-state index is 4.54. The minimum absolute atomic E-state index is 0.632. The van der Waals surface area contributed by atoms with Crippen molar-refractivity contribution in [2.45, 2.75) is 34.6 Å². The lowest BCUT2D eigenvalue weighted by Gasteiger charge is -2.24. The molecule has 0 fully saturated rings. The van der Waals surface area contributed by atoms with Crippen molar-refractivity contribution < 1.29 is 0 Å². The molecule has 0 spiro atoms. The smallest absolute Gasteiger partial charge is 0.243 e. The van der Waals surface area contributed by atoms with Crippen molar-refractivity contribution in [1.29, 1.82) is 0 Å². The van der Waals surface area contributed by atoms with Crippen LogP contribution in [0, 0.1) is 24.7 Å². The van der Waals surface area contributed by atoms with Crippen LogP contribution in [0.2, 0.25) is 0 Å². The van der Waals surface area contributed by atoms with Crippen molar-refractivity contribution in [3.05, 3.63) is 23.9 Å². The Morgan fingerprint density at radius 3 is 2.47 bits per heavy atom. The van der Waals surface area contributed by atoms with E-state index in [0.29, 0.717) is 17.8 Å². The summed E-state index contributed by atoms with van der Waals surface area (Å²) in [6.07, 6.45) is 1.93. The highest BCUT2D eigenvalue weighted by molar-refractivity contribution is 5.49. The van der Waals surface area contributed by atoms with Gasteiger partial charge in [-0.3, -0.25) is 0 Å². The van der Waals surface area contributed by atoms with E-state index in [0.717, 1.165) is 23.7 Å². The van der Waals surface area contributed by atoms with E-state index < -0.39 is 0 Å². The Bertz CT molecular complexity index is 534. The first-order chi connectivity index (χ1) is 8.99. The minimum Gasteiger partial charge on any atom is -0.353 e. The fourth-order valence-electron chi connectivity index (χ4n) is 2.56. The van der Waals surface area contributed by atoms with Gasteiger partial charge < -0.3 is 5.32 Å². The number of hydrogen-bond donors (Lipinski definition) is 1. The number of nitrogens with zero attached hydrogens (tertiary/aromatic N) is 3. The predicted molar refractivity (Wildman–Crippen MR) is 79.4 cm³/mol. The number of aryl methyl sites for hydroxylation is 1. The number of pyridine rings is 1. The standard InChI is InChI=1S/C15H24N4/c1-10(2)13(11(3)4)9-16-15-17-14-12(5)7-6-8-19(14)18-15/h6-8,10-11,13H,9H2,1-5H3,(H,16,18). The Morgan fingerprint density at radius 1 is 1.21 bits per heavy atom. The SMILES string of the molecule is Cc1cccn2nc(NCC(C(C)C)C(C)C)nc12. The van der Waals surface area contributed by atoms with Crippen LogP contribution in [0.5, 0.6) is 0 Å². The van der Waals surface area contributed by atoms with Gasteiger partial charge in [-0.2, -0.15) is 4.98 Å². The second kappa shape index (κ2) is 5.59. The van der Waals surface area contributed by atoms with Gasteiger partial charge in [0.15, 0.2) is 5.65 Å². The molecular weight excluding hydrogens is 236 g/mol. The molecule has 0 saturated heterocycles. The average molecular weight is 260 g/mol. The van der Waals surface area contributed by atoms with Crippen LogP contribution in [-0.4, -0.2) is 21.1 Å². The number of aromatic nitrogens is 3. The number of fused-ring (bicyclic) bond motifs is 1. The third-order valence-corrected chi connectivity index (χ3v) is 3.77. The van der Waals surface area contributed by atoms with Gasteiger partial charge in [-0.05, 0) is 36.3 Å². The molecule has 0 bridgehead atoms. The summed E-state index contributed by atoms with van der Waals surface area (Å²) in [5, 5.41) is 7.84. The largest absolute Gasteiger partial charge is 0.353 e. The van der Waals surface area contributed by atoms with Gasteiger partial charge in [0.2, 0.25) is 5.95 Å². The molecule has 0 unspecified atom stereocenters. The summed E-state index contributed by atoms with van der Waals surface area (Å²) >= 11 is 0. The first-order valence-corrected chi connectivity index (χ1v) is 7.05. The molecule has 2 aromatic heterocycles. The van der Waals surface area contributed by atoms with Crippen LogP contribution in [0.25, 0.3) is 5.65 Å². The molecule has 0 aromatic carbocycles. The Balaban J connectivity index is 2.11. The lowest BCUT2D eigenvalue weighted by atomic mass is 9.85. The van der Waals surface area contributed by atoms with Crippen LogP contribution in [-0.2, 0) is 0 Å². The molecule has 4 nitrogen and oxygen atoms in total. The van der Waals surface area contributed by atoms with Crippen LogP contribution in [0.1, 0.15) is 33.3 Å². The molecule has 4 heteroatoms. The fourth-order valence-corrected chi connectivity index (χ4v) is 2.56. The molecular formula is C15H24N4. The summed E-state index contributed by atoms with van der Waals surface area (Å²) in [4.78, 5) is 4.54. The molecule has 0 radical (unpaired) electrons. The van der Waals surface area contributed by atoms with Crippen molar-refractivity contribution in [2.75, 3.05) is 11.9 Å². The molecule has 104 valence electrons. The van der Waals surface area contributed by atoms with Gasteiger partial charge in [0.25, 0.3) is 0 Å². The lowest BCUT2D eigenvalue weighted by molar-refractivity contribution is 0.304. The molecule has 2 rings (SSSR count). The number of anilines is 1. The highest BCUT2D eigenvalue weighted by Crippen LogP contribution is 2.21. The second-order valence-corrected chi connectivity index (χ2v) is 5.93. The Hall–Kier alpha value is -1.58. The van der Waals surface area contributed by atoms with Crippen molar-refractivity contribution >= 4 is 11.6 Å². The van der Waals surface area contributed by atoms with E-state index in [1.807, 2.05) is 16.8 Å². The van der Waals surface area contributed by atoms with Gasteiger partial charge in [-0.15, -0.1) is 5.10 Å². The molecule has 2 aromatic rings. The van der Waals surface area contributed by atoms with Gasteiger partial charge in [-0.1, -0.05) is 33.8 Å². The molecule has 0 atom stereocenters. The van der Waals surface area contributed by atoms with E-state index in [-0.39, 0.29) is 0 Å². The highest BCUT2D eigenvalue weighted by atomic mass is 15.3. The van der Waals surface area contributed by atoms with Gasteiger partial charge in [0.05, 0.1) is 0 Å². The lowest BCUT2D eigenvalue weighted by Crippen LogP contribution is -2.24. The van der Waals surface area contributed by atoms with Crippen LogP contribution in [0.15, 0.2) is 18.3 Å². The monoisotopic (exact) mass is 260 g/mol. The van der Waals surface area contributed by atoms with E-state index >= 15 is 0 Å². The quantitative estimate of drug-likeness (QED) is 0.896. The summed E-state index contributed by atoms with van der Waals surface area (Å²) in [7, 11) is 0. The highest BCUT2D eigenvalue weighted by Gasteiger charge is 2.17. The minimum atomic E-state index is 0.632. The Kier molecular flexibility index (Phi) is 4.08. The van der Waals surface area contributed by atoms with E-state index in [2.05, 4.69) is 56.1 Å². The van der Waals surface area contributed by atoms with Gasteiger partial charge >= 0.3 is 0 Å². The average Bonchev–Trinajstić information content (AvgIpc) is 2.72. The molecule has 0 saturated carbocycles. The summed E-state index contributed by atoms with van der Waals surface area (Å²) in [5.74, 6) is 2.67. The van der Waals surface area contributed by atoms with Crippen LogP contribution < -0.4 is 5.32 Å². The summed E-state index contributed by atoms with van der Waals surface area (Å²) in [6, 6.07) is 4.05. The Morgan fingerprint density at radius 2 is 1.89 bits per heavy atom. The Labute approximate surface area is 115 Å². The molecule has 1 N–H and O–H groups in total. The zero-order valence-electron chi connectivity index (χ0n) is 12.5. The van der Waals surface area contributed by atoms with Gasteiger partial charge in [0.1, 0.15) is 0 Å². The molecule has 0 amide bonds. The molecule has 2 heterocycles. The zero-order chi connectivity index (χ0) is 14.0. The molecule has 19 heavy (non-hydrogen) atoms. The first kappa shape index (κ1) is 13.8. The van der Waals surface area contributed by atoms with Crippen molar-refractivity contribution in [3.8, 4) is 0 Å². The molecule has 0 aliphatic carbocycles. The number of nitrogens with one attached hydrogen (secondary N) is 1. The fraction of sp³-hybridized carbons (Fsp3) is 0.600. The first-order valence-electron chi connectivity index (χ1n) is 7.05. The summed E-state index contributed by atoms with van der Waals surface area (Å²) in [5.41, 5.74) is 2.07. The predicted octanol–water partition coefficient (Wildman–Crippen LogP) is 3.38. The van der Waals surface area contributed by atoms with E-state index in [1.165, 1.54) is 0 Å².